The number of nitrogens with two attached hydrogens (primary N) is 1. The van der Waals surface area contributed by atoms with Gasteiger partial charge in [0.15, 0.2) is 0 Å². The van der Waals surface area contributed by atoms with E-state index in [4.69, 9.17) is 10.8 Å². The summed E-state index contributed by atoms with van der Waals surface area (Å²) in [4.78, 5) is 48.2. The van der Waals surface area contributed by atoms with Gasteiger partial charge in [-0.25, -0.2) is 18.8 Å². The standard InChI is InChI=1S/C20H13FN2O7/c21-12-7-10(18(25)26)5-6-11(12)8-1-3-9(4-2-8)13-14(19(27)28)16(22)23-17(24)15(13)20(29)30/h1-7H,(H,25,26)(H,27,28)(H,29,30)(H3,22,23,24). The van der Waals surface area contributed by atoms with E-state index >= 15 is 0 Å². The summed E-state index contributed by atoms with van der Waals surface area (Å²) in [5.41, 5.74) is 2.97. The molecule has 0 aliphatic carbocycles. The molecule has 0 amide bonds. The number of hydrogen-bond acceptors (Lipinski definition) is 5. The molecule has 0 atom stereocenters. The summed E-state index contributed by atoms with van der Waals surface area (Å²) >= 11 is 0. The van der Waals surface area contributed by atoms with Gasteiger partial charge in [0.2, 0.25) is 0 Å². The molecule has 0 radical (unpaired) electrons. The monoisotopic (exact) mass is 412 g/mol. The van der Waals surface area contributed by atoms with Gasteiger partial charge in [-0.05, 0) is 23.3 Å². The Kier molecular flexibility index (Phi) is 5.07. The molecule has 0 unspecified atom stereocenters. The number of pyridine rings is 1. The molecular weight excluding hydrogens is 399 g/mol. The Morgan fingerprint density at radius 2 is 1.40 bits per heavy atom. The van der Waals surface area contributed by atoms with Crippen LogP contribution in [-0.4, -0.2) is 38.2 Å². The number of anilines is 1. The summed E-state index contributed by atoms with van der Waals surface area (Å²) in [5.74, 6) is -5.77. The molecule has 10 heteroatoms. The number of benzene rings is 2. The van der Waals surface area contributed by atoms with Crippen molar-refractivity contribution in [3.05, 3.63) is 75.3 Å². The number of aromatic carboxylic acids is 3. The Balaban J connectivity index is 2.18. The van der Waals surface area contributed by atoms with E-state index in [0.29, 0.717) is 5.56 Å². The van der Waals surface area contributed by atoms with Crippen LogP contribution in [0.3, 0.4) is 0 Å². The predicted octanol–water partition coefficient (Wildman–Crippen LogP) is 2.52. The molecule has 0 saturated carbocycles. The van der Waals surface area contributed by atoms with Gasteiger partial charge in [0.05, 0.1) is 5.56 Å². The molecule has 0 aliphatic rings. The molecule has 2 aromatic carbocycles. The Bertz CT molecular complexity index is 1260. The summed E-state index contributed by atoms with van der Waals surface area (Å²) in [7, 11) is 0. The second-order valence-corrected chi connectivity index (χ2v) is 6.18. The van der Waals surface area contributed by atoms with Crippen molar-refractivity contribution in [1.82, 2.24) is 4.98 Å². The van der Waals surface area contributed by atoms with Gasteiger partial charge in [0.25, 0.3) is 5.56 Å². The maximum absolute atomic E-state index is 14.3. The van der Waals surface area contributed by atoms with Crippen molar-refractivity contribution in [1.29, 1.82) is 0 Å². The normalized spacial score (nSPS) is 10.6. The lowest BCUT2D eigenvalue weighted by Gasteiger charge is -2.13. The first-order valence-corrected chi connectivity index (χ1v) is 8.27. The topological polar surface area (TPSA) is 171 Å². The zero-order valence-corrected chi connectivity index (χ0v) is 15.0. The molecule has 1 aromatic heterocycles. The number of nitrogens with one attached hydrogen (secondary N) is 1. The van der Waals surface area contributed by atoms with Crippen LogP contribution in [0.5, 0.6) is 0 Å². The smallest absolute Gasteiger partial charge is 0.342 e. The third-order valence-corrected chi connectivity index (χ3v) is 4.37. The molecule has 0 fully saturated rings. The number of aromatic amines is 1. The molecule has 152 valence electrons. The molecule has 1 heterocycles. The maximum Gasteiger partial charge on any atom is 0.342 e. The SMILES string of the molecule is Nc1[nH]c(=O)c(C(=O)O)c(-c2ccc(-c3ccc(C(=O)O)cc3F)cc2)c1C(=O)O. The highest BCUT2D eigenvalue weighted by atomic mass is 19.1. The van der Waals surface area contributed by atoms with Crippen molar-refractivity contribution in [3.63, 3.8) is 0 Å². The minimum Gasteiger partial charge on any atom is -0.478 e. The Morgan fingerprint density at radius 3 is 1.90 bits per heavy atom. The average molecular weight is 412 g/mol. The van der Waals surface area contributed by atoms with E-state index in [1.165, 1.54) is 36.4 Å². The van der Waals surface area contributed by atoms with Crippen molar-refractivity contribution in [3.8, 4) is 22.3 Å². The van der Waals surface area contributed by atoms with Crippen molar-refractivity contribution in [2.75, 3.05) is 5.73 Å². The lowest BCUT2D eigenvalue weighted by atomic mass is 9.93. The molecule has 0 spiro atoms. The van der Waals surface area contributed by atoms with Crippen molar-refractivity contribution < 1.29 is 34.1 Å². The van der Waals surface area contributed by atoms with Crippen LogP contribution in [0.25, 0.3) is 22.3 Å². The summed E-state index contributed by atoms with van der Waals surface area (Å²) in [5, 5.41) is 27.8. The molecule has 9 nitrogen and oxygen atoms in total. The number of rotatable bonds is 5. The van der Waals surface area contributed by atoms with Crippen molar-refractivity contribution >= 4 is 23.7 Å². The number of halogens is 1. The van der Waals surface area contributed by atoms with E-state index < -0.39 is 46.2 Å². The van der Waals surface area contributed by atoms with Gasteiger partial charge in [-0.15, -0.1) is 0 Å². The molecule has 3 rings (SSSR count). The fraction of sp³-hybridized carbons (Fsp3) is 0. The number of H-pyrrole nitrogens is 1. The first kappa shape index (κ1) is 20.3. The lowest BCUT2D eigenvalue weighted by molar-refractivity contribution is 0.0682. The summed E-state index contributed by atoms with van der Waals surface area (Å²) in [6, 6.07) is 8.72. The zero-order chi connectivity index (χ0) is 22.2. The number of carboxylic acids is 3. The number of aromatic nitrogens is 1. The third kappa shape index (κ3) is 3.49. The minimum atomic E-state index is -1.65. The van der Waals surface area contributed by atoms with Crippen LogP contribution in [0, 0.1) is 5.82 Å². The zero-order valence-electron chi connectivity index (χ0n) is 15.0. The summed E-state index contributed by atoms with van der Waals surface area (Å²) in [6.07, 6.45) is 0. The Hall–Kier alpha value is -4.47. The Labute approximate surface area is 166 Å². The van der Waals surface area contributed by atoms with Crippen LogP contribution in [-0.2, 0) is 0 Å². The highest BCUT2D eigenvalue weighted by Gasteiger charge is 2.26. The van der Waals surface area contributed by atoms with Crippen LogP contribution < -0.4 is 11.3 Å². The van der Waals surface area contributed by atoms with Gasteiger partial charge in [-0.2, -0.15) is 0 Å². The van der Waals surface area contributed by atoms with E-state index in [0.717, 1.165) is 6.07 Å². The van der Waals surface area contributed by atoms with Gasteiger partial charge in [0.1, 0.15) is 22.8 Å². The molecule has 0 bridgehead atoms. The van der Waals surface area contributed by atoms with Gasteiger partial charge in [0, 0.05) is 11.1 Å². The van der Waals surface area contributed by atoms with E-state index in [1.807, 2.05) is 4.98 Å². The first-order valence-electron chi connectivity index (χ1n) is 8.27. The second kappa shape index (κ2) is 7.51. The Morgan fingerprint density at radius 1 is 0.833 bits per heavy atom. The van der Waals surface area contributed by atoms with Crippen LogP contribution in [0.1, 0.15) is 31.1 Å². The quantitative estimate of drug-likeness (QED) is 0.425. The van der Waals surface area contributed by atoms with Crippen LogP contribution in [0.15, 0.2) is 47.3 Å². The highest BCUT2D eigenvalue weighted by molar-refractivity contribution is 6.07. The largest absolute Gasteiger partial charge is 0.478 e. The number of carboxylic acid groups (broad SMARTS) is 3. The van der Waals surface area contributed by atoms with Gasteiger partial charge in [-0.1, -0.05) is 30.3 Å². The molecule has 0 saturated heterocycles. The highest BCUT2D eigenvalue weighted by Crippen LogP contribution is 2.32. The van der Waals surface area contributed by atoms with E-state index in [9.17, 15) is 33.8 Å². The maximum atomic E-state index is 14.3. The van der Waals surface area contributed by atoms with E-state index in [2.05, 4.69) is 0 Å². The fourth-order valence-corrected chi connectivity index (χ4v) is 3.03. The predicted molar refractivity (Wildman–Crippen MR) is 103 cm³/mol. The molecule has 0 aliphatic heterocycles. The molecule has 6 N–H and O–H groups in total. The van der Waals surface area contributed by atoms with Gasteiger partial charge in [-0.3, -0.25) is 4.79 Å². The average Bonchev–Trinajstić information content (AvgIpc) is 2.66. The van der Waals surface area contributed by atoms with Crippen LogP contribution >= 0.6 is 0 Å². The molecule has 30 heavy (non-hydrogen) atoms. The summed E-state index contributed by atoms with van der Waals surface area (Å²) in [6.45, 7) is 0. The van der Waals surface area contributed by atoms with E-state index in [-0.39, 0.29) is 22.3 Å². The van der Waals surface area contributed by atoms with Gasteiger partial charge < -0.3 is 26.0 Å². The van der Waals surface area contributed by atoms with Crippen molar-refractivity contribution in [2.24, 2.45) is 0 Å². The first-order chi connectivity index (χ1) is 14.1. The molecule has 3 aromatic rings. The number of nitrogen functional groups attached to an aromatic ring is 1. The number of carbonyl (C=O) groups is 3. The number of hydrogen-bond donors (Lipinski definition) is 5. The fourth-order valence-electron chi connectivity index (χ4n) is 3.03. The van der Waals surface area contributed by atoms with E-state index in [1.54, 1.807) is 0 Å². The lowest BCUT2D eigenvalue weighted by Crippen LogP contribution is -2.24. The third-order valence-electron chi connectivity index (χ3n) is 4.37. The summed E-state index contributed by atoms with van der Waals surface area (Å²) < 4.78 is 14.3. The van der Waals surface area contributed by atoms with Crippen molar-refractivity contribution in [2.45, 2.75) is 0 Å². The second-order valence-electron chi connectivity index (χ2n) is 6.18. The minimum absolute atomic E-state index is 0.0638. The molecular formula is C20H13FN2O7. The van der Waals surface area contributed by atoms with Gasteiger partial charge >= 0.3 is 17.9 Å². The van der Waals surface area contributed by atoms with Crippen LogP contribution in [0.4, 0.5) is 10.2 Å². The van der Waals surface area contributed by atoms with Crippen LogP contribution in [0.2, 0.25) is 0 Å².